The van der Waals surface area contributed by atoms with E-state index in [9.17, 15) is 0 Å². The molecule has 0 saturated carbocycles. The summed E-state index contributed by atoms with van der Waals surface area (Å²) in [6.45, 7) is 2.08. The molecule has 3 aromatic heterocycles. The Hall–Kier alpha value is -3.02. The van der Waals surface area contributed by atoms with Crippen molar-refractivity contribution in [3.05, 3.63) is 53.5 Å². The van der Waals surface area contributed by atoms with Crippen molar-refractivity contribution in [1.82, 2.24) is 14.4 Å². The van der Waals surface area contributed by atoms with Crippen LogP contribution in [0.3, 0.4) is 0 Å². The fourth-order valence-electron chi connectivity index (χ4n) is 3.01. The van der Waals surface area contributed by atoms with Crippen molar-refractivity contribution in [2.24, 2.45) is 0 Å². The number of hydrogen-bond donors (Lipinski definition) is 1. The molecule has 0 spiro atoms. The number of aryl methyl sites for hydroxylation is 3. The fraction of sp³-hybridized carbons (Fsp3) is 0.222. The summed E-state index contributed by atoms with van der Waals surface area (Å²) in [6, 6.07) is 10.1. The Morgan fingerprint density at radius 2 is 2.08 bits per heavy atom. The molecule has 0 aliphatic carbocycles. The number of benzene rings is 1. The lowest BCUT2D eigenvalue weighted by molar-refractivity contribution is 0.417. The molecule has 24 heavy (non-hydrogen) atoms. The third-order valence-electron chi connectivity index (χ3n) is 4.29. The van der Waals surface area contributed by atoms with E-state index in [0.29, 0.717) is 0 Å². The zero-order valence-corrected chi connectivity index (χ0v) is 13.6. The van der Waals surface area contributed by atoms with Crippen molar-refractivity contribution in [2.45, 2.75) is 19.8 Å². The number of aromatic nitrogens is 3. The lowest BCUT2D eigenvalue weighted by atomic mass is 10.1. The van der Waals surface area contributed by atoms with Crippen LogP contribution < -0.4 is 10.5 Å². The lowest BCUT2D eigenvalue weighted by Gasteiger charge is -2.02. The van der Waals surface area contributed by atoms with Crippen LogP contribution in [-0.2, 0) is 12.8 Å². The van der Waals surface area contributed by atoms with E-state index >= 15 is 0 Å². The van der Waals surface area contributed by atoms with E-state index in [0.717, 1.165) is 46.7 Å². The average Bonchev–Trinajstić information content (AvgIpc) is 3.11. The molecule has 4 rings (SSSR count). The summed E-state index contributed by atoms with van der Waals surface area (Å²) < 4.78 is 12.9. The van der Waals surface area contributed by atoms with Crippen molar-refractivity contribution >= 4 is 22.8 Å². The second kappa shape index (κ2) is 5.56. The third kappa shape index (κ3) is 2.36. The Bertz CT molecular complexity index is 1030. The highest BCUT2D eigenvalue weighted by atomic mass is 16.5. The van der Waals surface area contributed by atoms with Gasteiger partial charge in [-0.1, -0.05) is 6.07 Å². The molecule has 0 fully saturated rings. The molecular formula is C18H18N4O2. The summed E-state index contributed by atoms with van der Waals surface area (Å²) >= 11 is 0. The van der Waals surface area contributed by atoms with Crippen molar-refractivity contribution in [3.8, 4) is 5.75 Å². The fourth-order valence-corrected chi connectivity index (χ4v) is 3.01. The molecule has 0 radical (unpaired) electrons. The number of imidazole rings is 1. The first-order valence-corrected chi connectivity index (χ1v) is 7.81. The van der Waals surface area contributed by atoms with Crippen molar-refractivity contribution in [1.29, 1.82) is 0 Å². The molecule has 122 valence electrons. The smallest absolute Gasteiger partial charge is 0.292 e. The maximum Gasteiger partial charge on any atom is 0.292 e. The number of pyridine rings is 1. The Balaban J connectivity index is 1.62. The van der Waals surface area contributed by atoms with Gasteiger partial charge in [-0.25, -0.2) is 4.98 Å². The largest absolute Gasteiger partial charge is 0.493 e. The minimum atomic E-state index is 0.199. The molecule has 0 saturated heterocycles. The van der Waals surface area contributed by atoms with Crippen molar-refractivity contribution in [3.63, 3.8) is 0 Å². The van der Waals surface area contributed by atoms with E-state index < -0.39 is 0 Å². The van der Waals surface area contributed by atoms with Gasteiger partial charge < -0.3 is 19.3 Å². The van der Waals surface area contributed by atoms with Gasteiger partial charge in [-0.15, -0.1) is 0 Å². The topological polar surface area (TPSA) is 78.6 Å². The summed E-state index contributed by atoms with van der Waals surface area (Å²) in [5.41, 5.74) is 11.3. The van der Waals surface area contributed by atoms with Gasteiger partial charge in [0.15, 0.2) is 17.0 Å². The average molecular weight is 322 g/mol. The SMILES string of the molecule is COc1cccn2c(C)c(CCc3ccc4nc(N)oc4c3)nc12. The molecular weight excluding hydrogens is 304 g/mol. The zero-order valence-electron chi connectivity index (χ0n) is 13.6. The molecule has 1 aromatic carbocycles. The first-order chi connectivity index (χ1) is 11.7. The Morgan fingerprint density at radius 1 is 1.21 bits per heavy atom. The van der Waals surface area contributed by atoms with Gasteiger partial charge in [-0.05, 0) is 49.6 Å². The van der Waals surface area contributed by atoms with Crippen LogP contribution in [0.5, 0.6) is 5.75 Å². The summed E-state index contributed by atoms with van der Waals surface area (Å²) in [5, 5.41) is 0. The second-order valence-electron chi connectivity index (χ2n) is 5.77. The summed E-state index contributed by atoms with van der Waals surface area (Å²) in [4.78, 5) is 8.86. The molecule has 0 amide bonds. The number of oxazole rings is 1. The van der Waals surface area contributed by atoms with E-state index in [-0.39, 0.29) is 6.01 Å². The number of hydrogen-bond acceptors (Lipinski definition) is 5. The number of nitrogens with zero attached hydrogens (tertiary/aromatic N) is 3. The summed E-state index contributed by atoms with van der Waals surface area (Å²) in [6.07, 6.45) is 3.71. The van der Waals surface area contributed by atoms with Crippen LogP contribution >= 0.6 is 0 Å². The van der Waals surface area contributed by atoms with Crippen LogP contribution in [-0.4, -0.2) is 21.5 Å². The number of rotatable bonds is 4. The molecule has 0 aliphatic rings. The van der Waals surface area contributed by atoms with E-state index in [1.54, 1.807) is 7.11 Å². The molecule has 3 heterocycles. The predicted octanol–water partition coefficient (Wildman–Crippen LogP) is 3.16. The van der Waals surface area contributed by atoms with Crippen molar-refractivity contribution in [2.75, 3.05) is 12.8 Å². The molecule has 0 bridgehead atoms. The van der Waals surface area contributed by atoms with Gasteiger partial charge in [0.05, 0.1) is 12.8 Å². The number of anilines is 1. The van der Waals surface area contributed by atoms with E-state index in [1.165, 1.54) is 5.56 Å². The van der Waals surface area contributed by atoms with Gasteiger partial charge in [0.2, 0.25) is 0 Å². The second-order valence-corrected chi connectivity index (χ2v) is 5.77. The van der Waals surface area contributed by atoms with Crippen LogP contribution in [0.25, 0.3) is 16.7 Å². The molecule has 0 aliphatic heterocycles. The summed E-state index contributed by atoms with van der Waals surface area (Å²) in [7, 11) is 1.66. The first-order valence-electron chi connectivity index (χ1n) is 7.81. The zero-order chi connectivity index (χ0) is 16.7. The van der Waals surface area contributed by atoms with Crippen LogP contribution in [0.1, 0.15) is 17.0 Å². The number of nitrogen functional groups attached to an aromatic ring is 1. The highest BCUT2D eigenvalue weighted by molar-refractivity contribution is 5.74. The van der Waals surface area contributed by atoms with Crippen LogP contribution in [0.15, 0.2) is 40.9 Å². The van der Waals surface area contributed by atoms with Crippen LogP contribution in [0, 0.1) is 6.92 Å². The minimum absolute atomic E-state index is 0.199. The van der Waals surface area contributed by atoms with Gasteiger partial charge in [0.25, 0.3) is 6.01 Å². The molecule has 2 N–H and O–H groups in total. The van der Waals surface area contributed by atoms with Gasteiger partial charge in [0, 0.05) is 11.9 Å². The van der Waals surface area contributed by atoms with Gasteiger partial charge in [-0.2, -0.15) is 4.98 Å². The third-order valence-corrected chi connectivity index (χ3v) is 4.29. The van der Waals surface area contributed by atoms with E-state index in [2.05, 4.69) is 22.4 Å². The molecule has 6 nitrogen and oxygen atoms in total. The molecule has 0 unspecified atom stereocenters. The Kier molecular flexibility index (Phi) is 3.37. The monoisotopic (exact) mass is 322 g/mol. The number of ether oxygens (including phenoxy) is 1. The quantitative estimate of drug-likeness (QED) is 0.624. The maximum absolute atomic E-state index is 5.59. The number of fused-ring (bicyclic) bond motifs is 2. The number of nitrogens with two attached hydrogens (primary N) is 1. The van der Waals surface area contributed by atoms with Crippen LogP contribution in [0.2, 0.25) is 0 Å². The molecule has 0 atom stereocenters. The Labute approximate surface area is 138 Å². The molecule has 6 heteroatoms. The Morgan fingerprint density at radius 3 is 2.92 bits per heavy atom. The minimum Gasteiger partial charge on any atom is -0.493 e. The highest BCUT2D eigenvalue weighted by Crippen LogP contribution is 2.23. The maximum atomic E-state index is 5.59. The van der Waals surface area contributed by atoms with Crippen molar-refractivity contribution < 1.29 is 9.15 Å². The van der Waals surface area contributed by atoms with Gasteiger partial charge >= 0.3 is 0 Å². The standard InChI is InChI=1S/C18H18N4O2/c1-11-13(20-17-15(23-2)4-3-9-22(11)17)7-5-12-6-8-14-16(10-12)24-18(19)21-14/h3-4,6,8-10H,5,7H2,1-2H3,(H2,19,21). The lowest BCUT2D eigenvalue weighted by Crippen LogP contribution is -1.94. The predicted molar refractivity (Wildman–Crippen MR) is 92.3 cm³/mol. The molecule has 4 aromatic rings. The highest BCUT2D eigenvalue weighted by Gasteiger charge is 2.12. The first kappa shape index (κ1) is 14.6. The normalized spacial score (nSPS) is 11.4. The summed E-state index contributed by atoms with van der Waals surface area (Å²) in [5.74, 6) is 0.783. The van der Waals surface area contributed by atoms with E-state index in [4.69, 9.17) is 19.9 Å². The van der Waals surface area contributed by atoms with Gasteiger partial charge in [0.1, 0.15) is 5.52 Å². The number of methoxy groups -OCH3 is 1. The van der Waals surface area contributed by atoms with Crippen LogP contribution in [0.4, 0.5) is 6.01 Å². The van der Waals surface area contributed by atoms with E-state index in [1.807, 2.05) is 30.5 Å². The van der Waals surface area contributed by atoms with Gasteiger partial charge in [-0.3, -0.25) is 0 Å².